The van der Waals surface area contributed by atoms with Crippen LogP contribution in [0.5, 0.6) is 11.5 Å². The zero-order chi connectivity index (χ0) is 29.0. The van der Waals surface area contributed by atoms with Gasteiger partial charge in [-0.1, -0.05) is 6.07 Å². The maximum Gasteiger partial charge on any atom is 0.387 e. The number of nitrogens with two attached hydrogens (primary N) is 1. The van der Waals surface area contributed by atoms with Crippen LogP contribution in [-0.4, -0.2) is 36.7 Å². The molecule has 214 valence electrons. The Bertz CT molecular complexity index is 1380. The molecule has 9 nitrogen and oxygen atoms in total. The molecule has 1 aliphatic rings. The van der Waals surface area contributed by atoms with Gasteiger partial charge in [0.2, 0.25) is 5.89 Å². The molecule has 1 saturated carbocycles. The first kappa shape index (κ1) is 28.9. The third kappa shape index (κ3) is 6.89. The normalized spacial score (nSPS) is 14.5. The summed E-state index contributed by atoms with van der Waals surface area (Å²) < 4.78 is 74.8. The number of oxazole rings is 1. The van der Waals surface area contributed by atoms with E-state index < -0.39 is 42.2 Å². The minimum Gasteiger partial charge on any atom is -0.489 e. The van der Waals surface area contributed by atoms with Crippen LogP contribution in [0.2, 0.25) is 0 Å². The summed E-state index contributed by atoms with van der Waals surface area (Å²) in [7, 11) is 0. The highest BCUT2D eigenvalue weighted by Crippen LogP contribution is 2.37. The SMILES string of the molecule is CCOC(=O)C(NC(=O)c1nc(-c2ccc(OC(F)F)c(OCC3CC3)c2)oc1C(C)N)c1ccc(F)cc1F. The van der Waals surface area contributed by atoms with E-state index in [1.165, 1.54) is 32.0 Å². The van der Waals surface area contributed by atoms with Crippen molar-refractivity contribution in [1.82, 2.24) is 10.3 Å². The summed E-state index contributed by atoms with van der Waals surface area (Å²) in [4.78, 5) is 30.1. The van der Waals surface area contributed by atoms with Crippen molar-refractivity contribution in [3.8, 4) is 23.0 Å². The zero-order valence-corrected chi connectivity index (χ0v) is 21.6. The van der Waals surface area contributed by atoms with Gasteiger partial charge >= 0.3 is 12.6 Å². The van der Waals surface area contributed by atoms with Crippen LogP contribution in [0.15, 0.2) is 40.8 Å². The van der Waals surface area contributed by atoms with Gasteiger partial charge in [0.05, 0.1) is 19.3 Å². The molecule has 4 rings (SSSR count). The number of hydrogen-bond acceptors (Lipinski definition) is 8. The van der Waals surface area contributed by atoms with Gasteiger partial charge in [0.25, 0.3) is 5.91 Å². The number of carbonyl (C=O) groups is 2. The topological polar surface area (TPSA) is 126 Å². The van der Waals surface area contributed by atoms with Crippen LogP contribution in [-0.2, 0) is 9.53 Å². The summed E-state index contributed by atoms with van der Waals surface area (Å²) >= 11 is 0. The fourth-order valence-electron chi connectivity index (χ4n) is 3.79. The Labute approximate surface area is 226 Å². The van der Waals surface area contributed by atoms with Gasteiger partial charge in [-0.25, -0.2) is 18.6 Å². The first-order chi connectivity index (χ1) is 19.1. The van der Waals surface area contributed by atoms with Gasteiger partial charge in [-0.05, 0) is 56.9 Å². The van der Waals surface area contributed by atoms with E-state index in [9.17, 15) is 27.2 Å². The Kier molecular flexibility index (Phi) is 8.93. The fourth-order valence-corrected chi connectivity index (χ4v) is 3.79. The van der Waals surface area contributed by atoms with Crippen molar-refractivity contribution in [2.75, 3.05) is 13.2 Å². The predicted molar refractivity (Wildman–Crippen MR) is 133 cm³/mol. The van der Waals surface area contributed by atoms with E-state index in [4.69, 9.17) is 19.6 Å². The Morgan fingerprint density at radius 2 is 1.90 bits per heavy atom. The highest BCUT2D eigenvalue weighted by Gasteiger charge is 2.31. The summed E-state index contributed by atoms with van der Waals surface area (Å²) in [6, 6.07) is 4.05. The standard InChI is InChI=1S/C27H27F4N3O6/c1-3-37-26(36)21(17-8-7-16(28)11-18(17)29)33-24(35)22-23(13(2)32)40-25(34-22)15-6-9-19(39-27(30)31)20(10-15)38-12-14-4-5-14/h6-11,13-14,21,27H,3-5,12,32H2,1-2H3,(H,33,35). The third-order valence-corrected chi connectivity index (χ3v) is 5.93. The lowest BCUT2D eigenvalue weighted by molar-refractivity contribution is -0.145. The van der Waals surface area contributed by atoms with Gasteiger partial charge in [0.15, 0.2) is 29.0 Å². The number of alkyl halides is 2. The first-order valence-corrected chi connectivity index (χ1v) is 12.5. The number of nitrogens with one attached hydrogen (secondary N) is 1. The van der Waals surface area contributed by atoms with E-state index in [0.29, 0.717) is 18.6 Å². The van der Waals surface area contributed by atoms with Crippen molar-refractivity contribution < 1.29 is 45.8 Å². The Morgan fingerprint density at radius 1 is 1.15 bits per heavy atom. The maximum absolute atomic E-state index is 14.5. The second kappa shape index (κ2) is 12.4. The van der Waals surface area contributed by atoms with Crippen molar-refractivity contribution >= 4 is 11.9 Å². The molecule has 40 heavy (non-hydrogen) atoms. The summed E-state index contributed by atoms with van der Waals surface area (Å²) in [6.45, 7) is 0.212. The number of hydrogen-bond donors (Lipinski definition) is 2. The smallest absolute Gasteiger partial charge is 0.387 e. The molecule has 2 unspecified atom stereocenters. The van der Waals surface area contributed by atoms with E-state index in [-0.39, 0.29) is 46.6 Å². The second-order valence-electron chi connectivity index (χ2n) is 9.14. The van der Waals surface area contributed by atoms with Crippen LogP contribution >= 0.6 is 0 Å². The molecular formula is C27H27F4N3O6. The number of ether oxygens (including phenoxy) is 3. The van der Waals surface area contributed by atoms with Crippen molar-refractivity contribution in [2.45, 2.75) is 45.4 Å². The molecule has 1 aliphatic carbocycles. The van der Waals surface area contributed by atoms with Gasteiger partial charge in [0, 0.05) is 17.2 Å². The Morgan fingerprint density at radius 3 is 2.52 bits per heavy atom. The van der Waals surface area contributed by atoms with Gasteiger partial charge < -0.3 is 29.7 Å². The van der Waals surface area contributed by atoms with Gasteiger partial charge in [-0.2, -0.15) is 8.78 Å². The third-order valence-electron chi connectivity index (χ3n) is 5.93. The van der Waals surface area contributed by atoms with E-state index in [1.54, 1.807) is 0 Å². The lowest BCUT2D eigenvalue weighted by Gasteiger charge is -2.18. The minimum atomic E-state index is -3.07. The van der Waals surface area contributed by atoms with E-state index >= 15 is 0 Å². The fraction of sp³-hybridized carbons (Fsp3) is 0.370. The van der Waals surface area contributed by atoms with Crippen molar-refractivity contribution in [3.63, 3.8) is 0 Å². The molecule has 2 atom stereocenters. The number of esters is 1. The molecule has 13 heteroatoms. The Hall–Kier alpha value is -4.13. The largest absolute Gasteiger partial charge is 0.489 e. The molecule has 0 spiro atoms. The maximum atomic E-state index is 14.5. The highest BCUT2D eigenvalue weighted by molar-refractivity contribution is 5.97. The molecule has 1 heterocycles. The van der Waals surface area contributed by atoms with Crippen LogP contribution in [0.4, 0.5) is 17.6 Å². The van der Waals surface area contributed by atoms with Crippen LogP contribution in [0.25, 0.3) is 11.5 Å². The average Bonchev–Trinajstić information content (AvgIpc) is 3.61. The monoisotopic (exact) mass is 565 g/mol. The molecule has 0 bridgehead atoms. The summed E-state index contributed by atoms with van der Waals surface area (Å²) in [5, 5.41) is 2.35. The van der Waals surface area contributed by atoms with Crippen molar-refractivity contribution in [2.24, 2.45) is 11.7 Å². The van der Waals surface area contributed by atoms with Gasteiger partial charge in [-0.3, -0.25) is 4.79 Å². The first-order valence-electron chi connectivity index (χ1n) is 12.5. The van der Waals surface area contributed by atoms with Gasteiger partial charge in [-0.15, -0.1) is 0 Å². The molecule has 1 aromatic heterocycles. The van der Waals surface area contributed by atoms with E-state index in [0.717, 1.165) is 25.0 Å². The number of halogens is 4. The molecule has 0 radical (unpaired) electrons. The molecule has 1 fully saturated rings. The van der Waals surface area contributed by atoms with Gasteiger partial charge in [0.1, 0.15) is 11.6 Å². The molecule has 2 aromatic carbocycles. The number of nitrogens with zero attached hydrogens (tertiary/aromatic N) is 1. The number of amides is 1. The summed E-state index contributed by atoms with van der Waals surface area (Å²) in [5.74, 6) is -3.88. The molecule has 3 aromatic rings. The number of carbonyl (C=O) groups excluding carboxylic acids is 2. The molecular weight excluding hydrogens is 538 g/mol. The predicted octanol–water partition coefficient (Wildman–Crippen LogP) is 5.06. The van der Waals surface area contributed by atoms with E-state index in [2.05, 4.69) is 15.0 Å². The highest BCUT2D eigenvalue weighted by atomic mass is 19.3. The summed E-state index contributed by atoms with van der Waals surface area (Å²) in [5.41, 5.74) is 5.62. The van der Waals surface area contributed by atoms with Crippen molar-refractivity contribution in [1.29, 1.82) is 0 Å². The molecule has 1 amide bonds. The molecule has 3 N–H and O–H groups in total. The quantitative estimate of drug-likeness (QED) is 0.231. The number of rotatable bonds is 12. The Balaban J connectivity index is 1.66. The second-order valence-corrected chi connectivity index (χ2v) is 9.14. The minimum absolute atomic E-state index is 0.0328. The lowest BCUT2D eigenvalue weighted by atomic mass is 10.1. The van der Waals surface area contributed by atoms with Crippen LogP contribution in [0.1, 0.15) is 60.6 Å². The molecule has 0 saturated heterocycles. The van der Waals surface area contributed by atoms with E-state index in [1.807, 2.05) is 0 Å². The zero-order valence-electron chi connectivity index (χ0n) is 21.6. The van der Waals surface area contributed by atoms with Crippen molar-refractivity contribution in [3.05, 3.63) is 65.1 Å². The summed E-state index contributed by atoms with van der Waals surface area (Å²) in [6.07, 6.45) is 1.94. The number of benzene rings is 2. The average molecular weight is 566 g/mol. The number of aromatic nitrogens is 1. The van der Waals surface area contributed by atoms with Crippen LogP contribution in [0.3, 0.4) is 0 Å². The molecule has 0 aliphatic heterocycles. The van der Waals surface area contributed by atoms with Crippen LogP contribution < -0.4 is 20.5 Å². The lowest BCUT2D eigenvalue weighted by Crippen LogP contribution is -2.36. The van der Waals surface area contributed by atoms with Crippen LogP contribution in [0, 0.1) is 17.6 Å².